The maximum atomic E-state index is 12.7. The smallest absolute Gasteiger partial charge is 0.283 e. The Morgan fingerprint density at radius 2 is 2.21 bits per heavy atom. The van der Waals surface area contributed by atoms with Crippen LogP contribution in [0.1, 0.15) is 38.6 Å². The molecule has 3 saturated carbocycles. The fourth-order valence-corrected chi connectivity index (χ4v) is 5.86. The molecule has 3 fully saturated rings. The largest absolute Gasteiger partial charge is 0.380 e. The Morgan fingerprint density at radius 1 is 1.43 bits per heavy atom. The number of rotatable bonds is 6. The van der Waals surface area contributed by atoms with E-state index in [0.717, 1.165) is 12.3 Å². The summed E-state index contributed by atoms with van der Waals surface area (Å²) in [6, 6.07) is 0.337. The quantitative estimate of drug-likeness (QED) is 0.704. The van der Waals surface area contributed by atoms with Crippen molar-refractivity contribution in [2.45, 2.75) is 52.6 Å². The lowest BCUT2D eigenvalue weighted by atomic mass is 9.45. The number of anilines is 1. The molecule has 5 rings (SSSR count). The number of nitrogens with one attached hydrogen (secondary N) is 1. The molecular formula is C19H24BrN5O2S. The number of ketones is 1. The van der Waals surface area contributed by atoms with Gasteiger partial charge in [0.15, 0.2) is 5.78 Å². The molecule has 7 nitrogen and oxygen atoms in total. The highest BCUT2D eigenvalue weighted by Crippen LogP contribution is 2.61. The highest BCUT2D eigenvalue weighted by atomic mass is 79.9. The average molecular weight is 466 g/mol. The van der Waals surface area contributed by atoms with Crippen LogP contribution in [0.15, 0.2) is 21.0 Å². The van der Waals surface area contributed by atoms with Crippen LogP contribution in [0.25, 0.3) is 0 Å². The van der Waals surface area contributed by atoms with E-state index in [0.29, 0.717) is 38.5 Å². The van der Waals surface area contributed by atoms with Crippen LogP contribution >= 0.6 is 27.3 Å². The van der Waals surface area contributed by atoms with Crippen molar-refractivity contribution in [3.8, 4) is 0 Å². The van der Waals surface area contributed by atoms with E-state index in [9.17, 15) is 9.59 Å². The summed E-state index contributed by atoms with van der Waals surface area (Å²) in [5, 5.41) is 16.0. The molecule has 28 heavy (non-hydrogen) atoms. The molecule has 2 heterocycles. The lowest BCUT2D eigenvalue weighted by Crippen LogP contribution is -2.58. The molecule has 0 unspecified atom stereocenters. The van der Waals surface area contributed by atoms with Crippen LogP contribution < -0.4 is 10.9 Å². The van der Waals surface area contributed by atoms with Crippen LogP contribution in [-0.2, 0) is 17.8 Å². The van der Waals surface area contributed by atoms with Crippen LogP contribution in [0, 0.1) is 23.2 Å². The lowest BCUT2D eigenvalue weighted by molar-refractivity contribution is -0.119. The van der Waals surface area contributed by atoms with Crippen LogP contribution in [-0.4, -0.2) is 31.8 Å². The summed E-state index contributed by atoms with van der Waals surface area (Å²) in [5.41, 5.74) is 2.41. The van der Waals surface area contributed by atoms with Crippen molar-refractivity contribution in [2.24, 2.45) is 23.2 Å². The minimum Gasteiger partial charge on any atom is -0.380 e. The fraction of sp³-hybridized carbons (Fsp3) is 0.632. The molecule has 150 valence electrons. The third-order valence-corrected chi connectivity index (χ3v) is 8.22. The van der Waals surface area contributed by atoms with Crippen molar-refractivity contribution in [3.05, 3.63) is 31.5 Å². The van der Waals surface area contributed by atoms with Crippen molar-refractivity contribution in [1.29, 1.82) is 0 Å². The molecule has 2 aromatic rings. The van der Waals surface area contributed by atoms with Gasteiger partial charge in [0.1, 0.15) is 21.5 Å². The van der Waals surface area contributed by atoms with E-state index in [-0.39, 0.29) is 24.3 Å². The maximum absolute atomic E-state index is 12.7. The summed E-state index contributed by atoms with van der Waals surface area (Å²) in [7, 11) is 0. The molecular weight excluding hydrogens is 442 g/mol. The summed E-state index contributed by atoms with van der Waals surface area (Å²) < 4.78 is 1.63. The second kappa shape index (κ2) is 7.33. The first-order valence-electron chi connectivity index (χ1n) is 9.56. The van der Waals surface area contributed by atoms with Gasteiger partial charge in [-0.05, 0) is 51.9 Å². The topological polar surface area (TPSA) is 89.8 Å². The Kier molecular flexibility index (Phi) is 5.16. The number of carbonyl (C=O) groups excluding carboxylic acids is 1. The minimum atomic E-state index is -0.301. The fourth-order valence-electron chi connectivity index (χ4n) is 4.88. The molecule has 1 N–H and O–H groups in total. The van der Waals surface area contributed by atoms with Gasteiger partial charge in [-0.3, -0.25) is 9.59 Å². The van der Waals surface area contributed by atoms with Crippen LogP contribution in [0.3, 0.4) is 0 Å². The lowest BCUT2D eigenvalue weighted by Gasteiger charge is -2.62. The Labute approximate surface area is 176 Å². The molecule has 0 amide bonds. The van der Waals surface area contributed by atoms with Crippen molar-refractivity contribution < 1.29 is 4.79 Å². The Bertz CT molecular complexity index is 942. The van der Waals surface area contributed by atoms with E-state index in [4.69, 9.17) is 0 Å². The van der Waals surface area contributed by atoms with Crippen molar-refractivity contribution >= 4 is 38.7 Å². The monoisotopic (exact) mass is 465 g/mol. The molecule has 0 spiro atoms. The summed E-state index contributed by atoms with van der Waals surface area (Å²) in [6.45, 7) is 6.97. The van der Waals surface area contributed by atoms with Gasteiger partial charge < -0.3 is 5.32 Å². The molecule has 0 aliphatic heterocycles. The van der Waals surface area contributed by atoms with Gasteiger partial charge in [-0.2, -0.15) is 5.10 Å². The van der Waals surface area contributed by atoms with Crippen molar-refractivity contribution in [1.82, 2.24) is 20.0 Å². The van der Waals surface area contributed by atoms with E-state index in [1.165, 1.54) is 22.4 Å². The van der Waals surface area contributed by atoms with Gasteiger partial charge in [-0.15, -0.1) is 21.5 Å². The summed E-state index contributed by atoms with van der Waals surface area (Å²) in [4.78, 5) is 24.9. The molecule has 0 radical (unpaired) electrons. The van der Waals surface area contributed by atoms with Gasteiger partial charge in [0.05, 0.1) is 18.3 Å². The van der Waals surface area contributed by atoms with E-state index in [1.807, 2.05) is 0 Å². The van der Waals surface area contributed by atoms with Gasteiger partial charge in [-0.1, -0.05) is 20.8 Å². The zero-order valence-corrected chi connectivity index (χ0v) is 18.6. The number of aromatic nitrogens is 4. The first kappa shape index (κ1) is 19.7. The summed E-state index contributed by atoms with van der Waals surface area (Å²) >= 11 is 4.73. The van der Waals surface area contributed by atoms with Crippen molar-refractivity contribution in [3.63, 3.8) is 0 Å². The molecule has 0 saturated heterocycles. The molecule has 2 bridgehead atoms. The first-order valence-corrected chi connectivity index (χ1v) is 11.2. The number of fused-ring (bicyclic) bond motifs is 2. The predicted octanol–water partition coefficient (Wildman–Crippen LogP) is 3.15. The Balaban J connectivity index is 1.45. The van der Waals surface area contributed by atoms with E-state index < -0.39 is 0 Å². The van der Waals surface area contributed by atoms with Crippen LogP contribution in [0.4, 0.5) is 5.69 Å². The number of carbonyl (C=O) groups is 1. The van der Waals surface area contributed by atoms with Gasteiger partial charge in [-0.25, -0.2) is 4.68 Å². The third-order valence-electron chi connectivity index (χ3n) is 6.76. The highest BCUT2D eigenvalue weighted by Gasteiger charge is 2.56. The average Bonchev–Trinajstić information content (AvgIpc) is 3.15. The highest BCUT2D eigenvalue weighted by molar-refractivity contribution is 9.10. The molecule has 3 aliphatic rings. The molecule has 3 aliphatic carbocycles. The van der Waals surface area contributed by atoms with Gasteiger partial charge in [0.2, 0.25) is 0 Å². The molecule has 9 heteroatoms. The second-order valence-electron chi connectivity index (χ2n) is 8.59. The summed E-state index contributed by atoms with van der Waals surface area (Å²) in [5.74, 6) is 1.87. The normalized spacial score (nSPS) is 27.9. The first-order chi connectivity index (χ1) is 13.3. The van der Waals surface area contributed by atoms with Crippen LogP contribution in [0.2, 0.25) is 0 Å². The maximum Gasteiger partial charge on any atom is 0.283 e. The number of Topliss-reactive ketones (excluding diaryl/α,β-unsaturated/α-hetero) is 1. The number of hydrogen-bond donors (Lipinski definition) is 1. The van der Waals surface area contributed by atoms with Gasteiger partial charge in [0.25, 0.3) is 5.56 Å². The second-order valence-corrected chi connectivity index (χ2v) is 10.3. The van der Waals surface area contributed by atoms with Crippen LogP contribution in [0.5, 0.6) is 0 Å². The van der Waals surface area contributed by atoms with E-state index in [1.54, 1.807) is 11.7 Å². The molecule has 4 atom stereocenters. The number of nitrogens with zero attached hydrogens (tertiary/aromatic N) is 4. The third kappa shape index (κ3) is 3.43. The van der Waals surface area contributed by atoms with Gasteiger partial charge in [0, 0.05) is 6.04 Å². The van der Waals surface area contributed by atoms with E-state index in [2.05, 4.69) is 57.3 Å². The van der Waals surface area contributed by atoms with E-state index >= 15 is 0 Å². The SMILES string of the molecule is C[C@H]1[C@H](Nc2cnn(CC(=O)Cc3nncs3)c(=O)c2Br)C[C@H]2C[C@@H]1C2(C)C. The van der Waals surface area contributed by atoms with Gasteiger partial charge >= 0.3 is 0 Å². The minimum absolute atomic E-state index is 0.0739. The predicted molar refractivity (Wildman–Crippen MR) is 111 cm³/mol. The Morgan fingerprint density at radius 3 is 2.86 bits per heavy atom. The zero-order chi connectivity index (χ0) is 20.1. The number of halogens is 1. The summed E-state index contributed by atoms with van der Waals surface area (Å²) in [6.07, 6.45) is 4.22. The Hall–Kier alpha value is -1.61. The number of hydrogen-bond acceptors (Lipinski definition) is 7. The zero-order valence-electron chi connectivity index (χ0n) is 16.2. The standard InChI is InChI=1S/C19H24BrN5O2S/c1-10-13-4-11(19(13,2)3)5-14(10)23-15-7-22-25(18(27)17(15)20)8-12(26)6-16-24-21-9-28-16/h7,9-11,13-14,23H,4-6,8H2,1-3H3/t10-,11-,13+,14-/m1/s1. The molecule has 0 aromatic carbocycles. The molecule has 2 aromatic heterocycles. The van der Waals surface area contributed by atoms with Crippen molar-refractivity contribution in [2.75, 3.05) is 5.32 Å².